The number of hydrogen-bond acceptors (Lipinski definition) is 1. The Balaban J connectivity index is 1.89. The monoisotopic (exact) mass is 278 g/mol. The molecule has 1 saturated heterocycles. The van der Waals surface area contributed by atoms with Crippen molar-refractivity contribution in [2.45, 2.75) is 32.2 Å². The van der Waals surface area contributed by atoms with Crippen molar-refractivity contribution in [3.05, 3.63) is 41.1 Å². The number of carbonyl (C=O) groups is 1. The van der Waals surface area contributed by atoms with Crippen molar-refractivity contribution in [1.29, 1.82) is 0 Å². The number of nitrogens with one attached hydrogen (secondary N) is 1. The fourth-order valence-electron chi connectivity index (χ4n) is 2.30. The van der Waals surface area contributed by atoms with Crippen LogP contribution in [0.15, 0.2) is 30.5 Å². The van der Waals surface area contributed by atoms with E-state index in [1.165, 1.54) is 6.42 Å². The van der Waals surface area contributed by atoms with Gasteiger partial charge in [0.1, 0.15) is 0 Å². The van der Waals surface area contributed by atoms with Gasteiger partial charge in [-0.2, -0.15) is 0 Å². The van der Waals surface area contributed by atoms with Crippen molar-refractivity contribution < 1.29 is 4.79 Å². The standard InChI is InChI=1S/C15H19ClN2O/c1-12-5-2-3-10-18(12)15(19)17-9-8-13-6-4-7-14(16)11-13/h4,6-9,11-12H,2-3,5,10H2,1H3,(H,17,19)/b9-8+. The zero-order valence-corrected chi connectivity index (χ0v) is 11.9. The Kier molecular flexibility index (Phi) is 4.86. The minimum atomic E-state index is -0.0227. The van der Waals surface area contributed by atoms with Crippen LogP contribution in [0.2, 0.25) is 5.02 Å². The van der Waals surface area contributed by atoms with Crippen LogP contribution in [0.5, 0.6) is 0 Å². The van der Waals surface area contributed by atoms with E-state index in [2.05, 4.69) is 12.2 Å². The Morgan fingerprint density at radius 1 is 1.47 bits per heavy atom. The van der Waals surface area contributed by atoms with Crippen molar-refractivity contribution >= 4 is 23.7 Å². The molecule has 1 N–H and O–H groups in total. The molecule has 1 aliphatic rings. The molecule has 4 heteroatoms. The molecule has 0 aliphatic carbocycles. The molecular weight excluding hydrogens is 260 g/mol. The number of piperidine rings is 1. The number of urea groups is 1. The van der Waals surface area contributed by atoms with Gasteiger partial charge in [0.05, 0.1) is 0 Å². The van der Waals surface area contributed by atoms with Gasteiger partial charge in [0.15, 0.2) is 0 Å². The van der Waals surface area contributed by atoms with Crippen LogP contribution in [-0.2, 0) is 0 Å². The van der Waals surface area contributed by atoms with E-state index in [1.807, 2.05) is 35.2 Å². The molecule has 2 rings (SSSR count). The molecule has 0 aromatic heterocycles. The Labute approximate surface area is 119 Å². The highest BCUT2D eigenvalue weighted by molar-refractivity contribution is 6.30. The molecule has 0 spiro atoms. The summed E-state index contributed by atoms with van der Waals surface area (Å²) in [6.07, 6.45) is 6.91. The minimum Gasteiger partial charge on any atom is -0.322 e. The molecule has 1 unspecified atom stereocenters. The summed E-state index contributed by atoms with van der Waals surface area (Å²) < 4.78 is 0. The lowest BCUT2D eigenvalue weighted by molar-refractivity contribution is 0.161. The molecular formula is C15H19ClN2O. The smallest absolute Gasteiger partial charge is 0.321 e. The Hall–Kier alpha value is -1.48. The van der Waals surface area contributed by atoms with Crippen LogP contribution in [0.1, 0.15) is 31.7 Å². The molecule has 3 nitrogen and oxygen atoms in total. The first-order chi connectivity index (χ1) is 9.16. The lowest BCUT2D eigenvalue weighted by atomic mass is 10.0. The van der Waals surface area contributed by atoms with Gasteiger partial charge in [0.25, 0.3) is 0 Å². The predicted octanol–water partition coefficient (Wildman–Crippen LogP) is 3.89. The van der Waals surface area contributed by atoms with Crippen molar-refractivity contribution in [1.82, 2.24) is 10.2 Å². The second-order valence-electron chi connectivity index (χ2n) is 4.88. The molecule has 1 aromatic rings. The van der Waals surface area contributed by atoms with Gasteiger partial charge < -0.3 is 10.2 Å². The lowest BCUT2D eigenvalue weighted by Crippen LogP contribution is -2.46. The average Bonchev–Trinajstić information content (AvgIpc) is 2.39. The van der Waals surface area contributed by atoms with Gasteiger partial charge in [-0.25, -0.2) is 4.79 Å². The maximum Gasteiger partial charge on any atom is 0.321 e. The van der Waals surface area contributed by atoms with Crippen molar-refractivity contribution in [3.63, 3.8) is 0 Å². The summed E-state index contributed by atoms with van der Waals surface area (Å²) >= 11 is 5.90. The van der Waals surface area contributed by atoms with Gasteiger partial charge in [0.2, 0.25) is 0 Å². The molecule has 102 valence electrons. The number of carbonyl (C=O) groups excluding carboxylic acids is 1. The summed E-state index contributed by atoms with van der Waals surface area (Å²) in [4.78, 5) is 13.9. The maximum atomic E-state index is 12.0. The van der Waals surface area contributed by atoms with Gasteiger partial charge in [-0.1, -0.05) is 23.7 Å². The summed E-state index contributed by atoms with van der Waals surface area (Å²) in [5, 5.41) is 3.51. The third kappa shape index (κ3) is 4.00. The van der Waals surface area contributed by atoms with E-state index in [-0.39, 0.29) is 6.03 Å². The highest BCUT2D eigenvalue weighted by Gasteiger charge is 2.22. The maximum absolute atomic E-state index is 12.0. The molecule has 1 aromatic carbocycles. The van der Waals surface area contributed by atoms with Crippen LogP contribution in [0.4, 0.5) is 4.79 Å². The van der Waals surface area contributed by atoms with E-state index in [9.17, 15) is 4.79 Å². The largest absolute Gasteiger partial charge is 0.322 e. The molecule has 1 heterocycles. The third-order valence-corrected chi connectivity index (χ3v) is 3.63. The highest BCUT2D eigenvalue weighted by Crippen LogP contribution is 2.16. The first kappa shape index (κ1) is 13.9. The molecule has 19 heavy (non-hydrogen) atoms. The van der Waals surface area contributed by atoms with E-state index in [1.54, 1.807) is 6.20 Å². The summed E-state index contributed by atoms with van der Waals surface area (Å²) in [7, 11) is 0. The number of nitrogens with zero attached hydrogens (tertiary/aromatic N) is 1. The van der Waals surface area contributed by atoms with Crippen LogP contribution in [-0.4, -0.2) is 23.5 Å². The number of halogens is 1. The molecule has 1 fully saturated rings. The van der Waals surface area contributed by atoms with E-state index < -0.39 is 0 Å². The molecule has 1 aliphatic heterocycles. The summed E-state index contributed by atoms with van der Waals surface area (Å²) in [5.41, 5.74) is 0.972. The number of hydrogen-bond donors (Lipinski definition) is 1. The quantitative estimate of drug-likeness (QED) is 0.874. The fraction of sp³-hybridized carbons (Fsp3) is 0.400. The summed E-state index contributed by atoms with van der Waals surface area (Å²) in [6, 6.07) is 7.81. The highest BCUT2D eigenvalue weighted by atomic mass is 35.5. The van der Waals surface area contributed by atoms with E-state index in [0.717, 1.165) is 24.9 Å². The van der Waals surface area contributed by atoms with Gasteiger partial charge in [-0.15, -0.1) is 0 Å². The summed E-state index contributed by atoms with van der Waals surface area (Å²) in [5.74, 6) is 0. The van der Waals surface area contributed by atoms with E-state index in [0.29, 0.717) is 11.1 Å². The van der Waals surface area contributed by atoms with E-state index >= 15 is 0 Å². The zero-order valence-electron chi connectivity index (χ0n) is 11.1. The van der Waals surface area contributed by atoms with Gasteiger partial charge in [-0.05, 0) is 50.0 Å². The van der Waals surface area contributed by atoms with Crippen LogP contribution >= 0.6 is 11.6 Å². The SMILES string of the molecule is CC1CCCCN1C(=O)N/C=C/c1cccc(Cl)c1. The van der Waals surface area contributed by atoms with Crippen LogP contribution in [0.3, 0.4) is 0 Å². The molecule has 1 atom stereocenters. The third-order valence-electron chi connectivity index (χ3n) is 3.40. The van der Waals surface area contributed by atoms with Crippen molar-refractivity contribution in [2.24, 2.45) is 0 Å². The molecule has 2 amide bonds. The molecule has 0 bridgehead atoms. The minimum absolute atomic E-state index is 0.0227. The molecule has 0 saturated carbocycles. The predicted molar refractivity (Wildman–Crippen MR) is 79.0 cm³/mol. The van der Waals surface area contributed by atoms with Gasteiger partial charge in [0, 0.05) is 23.8 Å². The van der Waals surface area contributed by atoms with Crippen molar-refractivity contribution in [3.8, 4) is 0 Å². The van der Waals surface area contributed by atoms with E-state index in [4.69, 9.17) is 11.6 Å². The van der Waals surface area contributed by atoms with Gasteiger partial charge in [-0.3, -0.25) is 0 Å². The first-order valence-electron chi connectivity index (χ1n) is 6.66. The Morgan fingerprint density at radius 2 is 2.32 bits per heavy atom. The first-order valence-corrected chi connectivity index (χ1v) is 7.04. The Morgan fingerprint density at radius 3 is 3.05 bits per heavy atom. The van der Waals surface area contributed by atoms with Crippen LogP contribution in [0.25, 0.3) is 6.08 Å². The number of rotatable bonds is 2. The lowest BCUT2D eigenvalue weighted by Gasteiger charge is -2.32. The second-order valence-corrected chi connectivity index (χ2v) is 5.31. The van der Waals surface area contributed by atoms with Crippen LogP contribution < -0.4 is 5.32 Å². The summed E-state index contributed by atoms with van der Waals surface area (Å²) in [6.45, 7) is 2.94. The normalized spacial score (nSPS) is 19.7. The van der Waals surface area contributed by atoms with Crippen molar-refractivity contribution in [2.75, 3.05) is 6.54 Å². The zero-order chi connectivity index (χ0) is 13.7. The number of amides is 2. The average molecular weight is 279 g/mol. The topological polar surface area (TPSA) is 32.3 Å². The number of benzene rings is 1. The van der Waals surface area contributed by atoms with Crippen LogP contribution in [0, 0.1) is 0 Å². The van der Waals surface area contributed by atoms with Gasteiger partial charge >= 0.3 is 6.03 Å². The number of likely N-dealkylation sites (tertiary alicyclic amines) is 1. The molecule has 0 radical (unpaired) electrons. The fourth-order valence-corrected chi connectivity index (χ4v) is 2.50. The Bertz CT molecular complexity index is 473. The second kappa shape index (κ2) is 6.62.